The summed E-state index contributed by atoms with van der Waals surface area (Å²) in [6.07, 6.45) is 4.58. The number of piperidine rings is 1. The van der Waals surface area contributed by atoms with Crippen LogP contribution in [-0.2, 0) is 13.0 Å². The lowest BCUT2D eigenvalue weighted by molar-refractivity contribution is 0.0693. The minimum atomic E-state index is -0.880. The minimum absolute atomic E-state index is 0.223. The third-order valence-electron chi connectivity index (χ3n) is 5.61. The number of aromatic nitrogens is 1. The number of ether oxygens (including phenoxy) is 1. The van der Waals surface area contributed by atoms with E-state index in [9.17, 15) is 9.90 Å². The van der Waals surface area contributed by atoms with Crippen LogP contribution in [-0.4, -0.2) is 41.2 Å². The third-order valence-corrected chi connectivity index (χ3v) is 5.61. The van der Waals surface area contributed by atoms with Crippen LogP contribution >= 0.6 is 0 Å². The average Bonchev–Trinajstić information content (AvgIpc) is 3.23. The zero-order valence-corrected chi connectivity index (χ0v) is 17.1. The highest BCUT2D eigenvalue weighted by Crippen LogP contribution is 2.28. The quantitative estimate of drug-likeness (QED) is 0.629. The number of hydrogen-bond donors (Lipinski definition) is 1. The van der Waals surface area contributed by atoms with E-state index >= 15 is 0 Å². The fourth-order valence-electron chi connectivity index (χ4n) is 4.05. The molecule has 0 spiro atoms. The molecule has 0 aliphatic carbocycles. The number of likely N-dealkylation sites (tertiary alicyclic amines) is 1. The number of nitrogens with zero attached hydrogens (tertiary/aromatic N) is 2. The summed E-state index contributed by atoms with van der Waals surface area (Å²) in [5, 5.41) is 9.43. The number of hydrogen-bond acceptors (Lipinski definition) is 5. The van der Waals surface area contributed by atoms with Crippen LogP contribution < -0.4 is 4.74 Å². The summed E-state index contributed by atoms with van der Waals surface area (Å²) in [4.78, 5) is 18.3. The predicted octanol–water partition coefficient (Wildman–Crippen LogP) is 4.35. The van der Waals surface area contributed by atoms with E-state index in [0.717, 1.165) is 54.5 Å². The molecular formula is C24H26N2O4. The highest BCUT2D eigenvalue weighted by atomic mass is 16.5. The minimum Gasteiger partial charge on any atom is -0.497 e. The van der Waals surface area contributed by atoms with Gasteiger partial charge in [-0.1, -0.05) is 30.3 Å². The van der Waals surface area contributed by atoms with Gasteiger partial charge in [-0.05, 0) is 48.7 Å². The molecule has 30 heavy (non-hydrogen) atoms. The molecule has 2 heterocycles. The molecule has 0 unspecified atom stereocenters. The van der Waals surface area contributed by atoms with Gasteiger partial charge in [-0.2, -0.15) is 0 Å². The molecule has 1 atom stereocenters. The van der Waals surface area contributed by atoms with Crippen molar-refractivity contribution in [1.29, 1.82) is 0 Å². The second kappa shape index (κ2) is 9.13. The van der Waals surface area contributed by atoms with Crippen LogP contribution in [0.1, 0.15) is 51.9 Å². The molecule has 1 aliphatic heterocycles. The Kier molecular flexibility index (Phi) is 6.14. The van der Waals surface area contributed by atoms with E-state index in [1.165, 1.54) is 0 Å². The van der Waals surface area contributed by atoms with Crippen molar-refractivity contribution in [1.82, 2.24) is 9.88 Å². The first kappa shape index (κ1) is 20.2. The van der Waals surface area contributed by atoms with E-state index < -0.39 is 5.97 Å². The van der Waals surface area contributed by atoms with Crippen LogP contribution in [0.4, 0.5) is 0 Å². The van der Waals surface area contributed by atoms with Crippen molar-refractivity contribution in [3.63, 3.8) is 0 Å². The normalized spacial score (nSPS) is 17.0. The summed E-state index contributed by atoms with van der Waals surface area (Å²) in [6, 6.07) is 15.2. The Morgan fingerprint density at radius 3 is 2.80 bits per heavy atom. The Labute approximate surface area is 176 Å². The zero-order valence-electron chi connectivity index (χ0n) is 17.1. The van der Waals surface area contributed by atoms with E-state index in [-0.39, 0.29) is 5.92 Å². The van der Waals surface area contributed by atoms with E-state index in [0.29, 0.717) is 18.5 Å². The Balaban J connectivity index is 1.41. The molecule has 0 saturated carbocycles. The van der Waals surface area contributed by atoms with Crippen molar-refractivity contribution in [3.8, 4) is 5.75 Å². The molecular weight excluding hydrogens is 380 g/mol. The highest BCUT2D eigenvalue weighted by Gasteiger charge is 2.26. The van der Waals surface area contributed by atoms with Crippen molar-refractivity contribution >= 4 is 5.97 Å². The molecule has 1 aliphatic rings. The van der Waals surface area contributed by atoms with Crippen molar-refractivity contribution < 1.29 is 19.1 Å². The number of carbonyl (C=O) groups is 1. The Morgan fingerprint density at radius 1 is 1.23 bits per heavy atom. The van der Waals surface area contributed by atoms with Gasteiger partial charge in [0, 0.05) is 25.4 Å². The lowest BCUT2D eigenvalue weighted by Crippen LogP contribution is -2.34. The van der Waals surface area contributed by atoms with E-state index in [1.54, 1.807) is 19.2 Å². The van der Waals surface area contributed by atoms with E-state index in [4.69, 9.17) is 9.15 Å². The lowest BCUT2D eigenvalue weighted by Gasteiger charge is -2.31. The molecule has 0 radical (unpaired) electrons. The second-order valence-electron chi connectivity index (χ2n) is 7.73. The maximum absolute atomic E-state index is 11.5. The number of methoxy groups -OCH3 is 1. The highest BCUT2D eigenvalue weighted by molar-refractivity contribution is 5.89. The van der Waals surface area contributed by atoms with Crippen LogP contribution in [0, 0.1) is 0 Å². The molecule has 0 amide bonds. The van der Waals surface area contributed by atoms with Crippen molar-refractivity contribution in [3.05, 3.63) is 83.1 Å². The molecule has 1 aromatic heterocycles. The van der Waals surface area contributed by atoms with Crippen molar-refractivity contribution in [2.45, 2.75) is 31.7 Å². The molecule has 3 aromatic rings. The Bertz CT molecular complexity index is 996. The number of aromatic carboxylic acids is 1. The average molecular weight is 406 g/mol. The Morgan fingerprint density at radius 2 is 2.03 bits per heavy atom. The molecule has 6 nitrogen and oxygen atoms in total. The van der Waals surface area contributed by atoms with Crippen LogP contribution in [0.3, 0.4) is 0 Å². The standard InChI is InChI=1S/C24H26N2O4/c1-29-20-10-8-17(9-11-20)13-21-14-25-23(30-21)19-6-4-12-26(16-19)15-18-5-2-3-7-22(18)24(27)28/h2-3,5,7-11,14,19H,4,6,12-13,15-16H2,1H3,(H,27,28)/t19-/m0/s1. The van der Waals surface area contributed by atoms with Crippen molar-refractivity contribution in [2.24, 2.45) is 0 Å². The number of oxazole rings is 1. The maximum Gasteiger partial charge on any atom is 0.336 e. The summed E-state index contributed by atoms with van der Waals surface area (Å²) >= 11 is 0. The summed E-state index contributed by atoms with van der Waals surface area (Å²) in [7, 11) is 1.66. The van der Waals surface area contributed by atoms with Crippen LogP contribution in [0.15, 0.2) is 59.1 Å². The zero-order chi connectivity index (χ0) is 20.9. The Hall–Kier alpha value is -3.12. The van der Waals surface area contributed by atoms with Crippen LogP contribution in [0.5, 0.6) is 5.75 Å². The van der Waals surface area contributed by atoms with Gasteiger partial charge in [-0.3, -0.25) is 4.90 Å². The maximum atomic E-state index is 11.5. The molecule has 6 heteroatoms. The molecule has 156 valence electrons. The van der Waals surface area contributed by atoms with Crippen LogP contribution in [0.25, 0.3) is 0 Å². The van der Waals surface area contributed by atoms with Gasteiger partial charge in [0.05, 0.1) is 18.9 Å². The first-order valence-corrected chi connectivity index (χ1v) is 10.2. The monoisotopic (exact) mass is 406 g/mol. The molecule has 4 rings (SSSR count). The van der Waals surface area contributed by atoms with Gasteiger partial charge in [-0.25, -0.2) is 9.78 Å². The summed E-state index contributed by atoms with van der Waals surface area (Å²) in [6.45, 7) is 2.39. The topological polar surface area (TPSA) is 75.8 Å². The van der Waals surface area contributed by atoms with Gasteiger partial charge in [0.15, 0.2) is 5.89 Å². The largest absolute Gasteiger partial charge is 0.497 e. The second-order valence-corrected chi connectivity index (χ2v) is 7.73. The van der Waals surface area contributed by atoms with E-state index in [2.05, 4.69) is 9.88 Å². The van der Waals surface area contributed by atoms with Gasteiger partial charge in [-0.15, -0.1) is 0 Å². The summed E-state index contributed by atoms with van der Waals surface area (Å²) in [5.74, 6) is 1.80. The number of rotatable bonds is 7. The van der Waals surface area contributed by atoms with Gasteiger partial charge in [0.1, 0.15) is 11.5 Å². The smallest absolute Gasteiger partial charge is 0.336 e. The lowest BCUT2D eigenvalue weighted by atomic mass is 9.97. The number of carboxylic acid groups (broad SMARTS) is 1. The van der Waals surface area contributed by atoms with E-state index in [1.807, 2.05) is 42.6 Å². The number of carboxylic acids is 1. The third kappa shape index (κ3) is 4.71. The van der Waals surface area contributed by atoms with Gasteiger partial charge < -0.3 is 14.3 Å². The first-order chi connectivity index (χ1) is 14.6. The molecule has 2 aromatic carbocycles. The fraction of sp³-hybridized carbons (Fsp3) is 0.333. The molecule has 1 N–H and O–H groups in total. The molecule has 1 fully saturated rings. The predicted molar refractivity (Wildman–Crippen MR) is 113 cm³/mol. The SMILES string of the molecule is COc1ccc(Cc2cnc([C@H]3CCCN(Cc4ccccc4C(=O)O)C3)o2)cc1. The molecule has 0 bridgehead atoms. The van der Waals surface area contributed by atoms with Crippen molar-refractivity contribution in [2.75, 3.05) is 20.2 Å². The number of benzene rings is 2. The summed E-state index contributed by atoms with van der Waals surface area (Å²) in [5.41, 5.74) is 2.37. The van der Waals surface area contributed by atoms with Crippen LogP contribution in [0.2, 0.25) is 0 Å². The van der Waals surface area contributed by atoms with Gasteiger partial charge >= 0.3 is 5.97 Å². The summed E-state index contributed by atoms with van der Waals surface area (Å²) < 4.78 is 11.3. The first-order valence-electron chi connectivity index (χ1n) is 10.2. The molecule has 1 saturated heterocycles. The van der Waals surface area contributed by atoms with Gasteiger partial charge in [0.2, 0.25) is 0 Å². The van der Waals surface area contributed by atoms with Gasteiger partial charge in [0.25, 0.3) is 0 Å². The fourth-order valence-corrected chi connectivity index (χ4v) is 4.05.